The summed E-state index contributed by atoms with van der Waals surface area (Å²) >= 11 is 0. The number of urea groups is 1. The highest BCUT2D eigenvalue weighted by atomic mass is 19.1. The average Bonchev–Trinajstić information content (AvgIpc) is 2.56. The van der Waals surface area contributed by atoms with E-state index in [0.29, 0.717) is 25.2 Å². The van der Waals surface area contributed by atoms with Crippen LogP contribution in [0, 0.1) is 5.82 Å². The summed E-state index contributed by atoms with van der Waals surface area (Å²) in [5.41, 5.74) is 0.487. The van der Waals surface area contributed by atoms with Crippen LogP contribution >= 0.6 is 0 Å². The van der Waals surface area contributed by atoms with Crippen LogP contribution in [0.1, 0.15) is 5.56 Å². The molecule has 1 unspecified atom stereocenters. The van der Waals surface area contributed by atoms with E-state index >= 15 is 0 Å². The van der Waals surface area contributed by atoms with Crippen LogP contribution in [0.2, 0.25) is 0 Å². The molecule has 6 nitrogen and oxygen atoms in total. The number of aliphatic hydroxyl groups is 1. The second kappa shape index (κ2) is 8.96. The van der Waals surface area contributed by atoms with Crippen LogP contribution in [-0.2, 0) is 11.3 Å². The summed E-state index contributed by atoms with van der Waals surface area (Å²) in [5, 5.41) is 10.1. The van der Waals surface area contributed by atoms with Crippen molar-refractivity contribution in [2.75, 3.05) is 53.4 Å². The van der Waals surface area contributed by atoms with Crippen molar-refractivity contribution < 1.29 is 19.0 Å². The van der Waals surface area contributed by atoms with Crippen LogP contribution in [0.25, 0.3) is 0 Å². The molecule has 0 aliphatic carbocycles. The molecule has 2 rings (SSSR count). The first-order valence-electron chi connectivity index (χ1n) is 8.15. The molecule has 1 fully saturated rings. The van der Waals surface area contributed by atoms with Crippen molar-refractivity contribution >= 4 is 6.03 Å². The quantitative estimate of drug-likeness (QED) is 0.840. The van der Waals surface area contributed by atoms with Crippen LogP contribution < -0.4 is 0 Å². The monoisotopic (exact) mass is 339 g/mol. The van der Waals surface area contributed by atoms with Crippen LogP contribution in [0.3, 0.4) is 0 Å². The van der Waals surface area contributed by atoms with Gasteiger partial charge in [-0.3, -0.25) is 4.90 Å². The highest BCUT2D eigenvalue weighted by molar-refractivity contribution is 5.73. The van der Waals surface area contributed by atoms with Crippen molar-refractivity contribution in [1.82, 2.24) is 14.7 Å². The minimum Gasteiger partial charge on any atom is -0.389 e. The molecule has 2 amide bonds. The molecular weight excluding hydrogens is 313 g/mol. The number of aliphatic hydroxyl groups excluding tert-OH is 1. The number of piperazine rings is 1. The normalized spacial score (nSPS) is 16.9. The van der Waals surface area contributed by atoms with Crippen LogP contribution in [0.4, 0.5) is 9.18 Å². The number of hydrogen-bond acceptors (Lipinski definition) is 4. The van der Waals surface area contributed by atoms with Crippen molar-refractivity contribution in [3.63, 3.8) is 0 Å². The van der Waals surface area contributed by atoms with E-state index in [9.17, 15) is 14.3 Å². The molecule has 1 atom stereocenters. The summed E-state index contributed by atoms with van der Waals surface area (Å²) < 4.78 is 18.9. The minimum absolute atomic E-state index is 0.0171. The zero-order valence-electron chi connectivity index (χ0n) is 14.3. The Morgan fingerprint density at radius 1 is 1.29 bits per heavy atom. The van der Waals surface area contributed by atoms with Crippen LogP contribution in [-0.4, -0.2) is 85.4 Å². The first-order valence-corrected chi connectivity index (χ1v) is 8.15. The van der Waals surface area contributed by atoms with Gasteiger partial charge in [-0.1, -0.05) is 18.2 Å². The van der Waals surface area contributed by atoms with Crippen molar-refractivity contribution in [1.29, 1.82) is 0 Å². The number of nitrogens with zero attached hydrogens (tertiary/aromatic N) is 3. The van der Waals surface area contributed by atoms with Gasteiger partial charge in [-0.2, -0.15) is 0 Å². The second-order valence-electron chi connectivity index (χ2n) is 6.23. The Balaban J connectivity index is 1.66. The van der Waals surface area contributed by atoms with Gasteiger partial charge >= 0.3 is 6.03 Å². The molecule has 0 saturated carbocycles. The standard InChI is InChI=1S/C17H26FN3O3/c1-19(2)17(23)21-9-7-20(8-10-21)11-15(22)13-24-12-14-5-3-4-6-16(14)18/h3-6,15,22H,7-13H2,1-2H3. The van der Waals surface area contributed by atoms with E-state index in [1.165, 1.54) is 6.07 Å². The number of halogens is 1. The molecule has 1 N–H and O–H groups in total. The molecule has 1 aromatic carbocycles. The zero-order chi connectivity index (χ0) is 17.5. The molecule has 134 valence electrons. The summed E-state index contributed by atoms with van der Waals surface area (Å²) in [6.07, 6.45) is -0.632. The van der Waals surface area contributed by atoms with Crippen molar-refractivity contribution in [2.45, 2.75) is 12.7 Å². The molecule has 1 aliphatic heterocycles. The van der Waals surface area contributed by atoms with Gasteiger partial charge in [-0.05, 0) is 6.07 Å². The molecule has 1 saturated heterocycles. The Morgan fingerprint density at radius 2 is 1.96 bits per heavy atom. The number of hydrogen-bond donors (Lipinski definition) is 1. The van der Waals surface area contributed by atoms with Gasteiger partial charge in [-0.25, -0.2) is 9.18 Å². The Kier molecular flexibility index (Phi) is 6.96. The smallest absolute Gasteiger partial charge is 0.319 e. The molecule has 0 radical (unpaired) electrons. The first-order chi connectivity index (χ1) is 11.5. The number of benzene rings is 1. The van der Waals surface area contributed by atoms with E-state index in [4.69, 9.17) is 4.74 Å². The Morgan fingerprint density at radius 3 is 2.58 bits per heavy atom. The predicted molar refractivity (Wildman–Crippen MR) is 89.2 cm³/mol. The molecular formula is C17H26FN3O3. The van der Waals surface area contributed by atoms with Crippen molar-refractivity contribution in [3.8, 4) is 0 Å². The van der Waals surface area contributed by atoms with Gasteiger partial charge in [0.25, 0.3) is 0 Å². The molecule has 1 heterocycles. The molecule has 7 heteroatoms. The maximum absolute atomic E-state index is 13.5. The number of rotatable bonds is 6. The van der Waals surface area contributed by atoms with Gasteiger partial charge in [-0.15, -0.1) is 0 Å². The predicted octanol–water partition coefficient (Wildman–Crippen LogP) is 1.00. The fourth-order valence-corrected chi connectivity index (χ4v) is 2.68. The van der Waals surface area contributed by atoms with Gasteiger partial charge in [0, 0.05) is 52.4 Å². The van der Waals surface area contributed by atoms with Crippen LogP contribution in [0.5, 0.6) is 0 Å². The highest BCUT2D eigenvalue weighted by Gasteiger charge is 2.23. The lowest BCUT2D eigenvalue weighted by Gasteiger charge is -2.36. The van der Waals surface area contributed by atoms with Gasteiger partial charge < -0.3 is 19.6 Å². The zero-order valence-corrected chi connectivity index (χ0v) is 14.3. The lowest BCUT2D eigenvalue weighted by atomic mass is 10.2. The summed E-state index contributed by atoms with van der Waals surface area (Å²) in [6, 6.07) is 6.47. The molecule has 0 spiro atoms. The second-order valence-corrected chi connectivity index (χ2v) is 6.23. The van der Waals surface area contributed by atoms with E-state index < -0.39 is 6.10 Å². The number of amides is 2. The van der Waals surface area contributed by atoms with Crippen LogP contribution in [0.15, 0.2) is 24.3 Å². The number of ether oxygens (including phenoxy) is 1. The van der Waals surface area contributed by atoms with Gasteiger partial charge in [0.05, 0.1) is 19.3 Å². The average molecular weight is 339 g/mol. The molecule has 0 aromatic heterocycles. The number of carbonyl (C=O) groups is 1. The van der Waals surface area contributed by atoms with E-state index in [2.05, 4.69) is 4.90 Å². The number of β-amino-alcohol motifs (C(OH)–C–C–N with tert-alkyl or cyclic N) is 1. The lowest BCUT2D eigenvalue weighted by molar-refractivity contribution is 0.00248. The third-order valence-corrected chi connectivity index (χ3v) is 4.02. The summed E-state index contributed by atoms with van der Waals surface area (Å²) in [4.78, 5) is 17.3. The third-order valence-electron chi connectivity index (χ3n) is 4.02. The minimum atomic E-state index is -0.632. The molecule has 1 aromatic rings. The molecule has 1 aliphatic rings. The first kappa shape index (κ1) is 18.6. The van der Waals surface area contributed by atoms with Gasteiger partial charge in [0.15, 0.2) is 0 Å². The Labute approximate surface area is 142 Å². The topological polar surface area (TPSA) is 56.3 Å². The van der Waals surface area contributed by atoms with Crippen molar-refractivity contribution in [2.24, 2.45) is 0 Å². The maximum atomic E-state index is 13.5. The largest absolute Gasteiger partial charge is 0.389 e. The van der Waals surface area contributed by atoms with Gasteiger partial charge in [0.2, 0.25) is 0 Å². The number of carbonyl (C=O) groups excluding carboxylic acids is 1. The van der Waals surface area contributed by atoms with Crippen molar-refractivity contribution in [3.05, 3.63) is 35.6 Å². The van der Waals surface area contributed by atoms with Gasteiger partial charge in [0.1, 0.15) is 5.82 Å². The summed E-state index contributed by atoms with van der Waals surface area (Å²) in [5.74, 6) is -0.298. The Bertz CT molecular complexity index is 534. The highest BCUT2D eigenvalue weighted by Crippen LogP contribution is 2.09. The molecule has 0 bridgehead atoms. The fraction of sp³-hybridized carbons (Fsp3) is 0.588. The SMILES string of the molecule is CN(C)C(=O)N1CCN(CC(O)COCc2ccccc2F)CC1. The Hall–Kier alpha value is -1.70. The molecule has 24 heavy (non-hydrogen) atoms. The summed E-state index contributed by atoms with van der Waals surface area (Å²) in [6.45, 7) is 3.55. The maximum Gasteiger partial charge on any atom is 0.319 e. The van der Waals surface area contributed by atoms with E-state index in [1.807, 2.05) is 0 Å². The fourth-order valence-electron chi connectivity index (χ4n) is 2.68. The lowest BCUT2D eigenvalue weighted by Crippen LogP contribution is -2.53. The summed E-state index contributed by atoms with van der Waals surface area (Å²) in [7, 11) is 3.48. The van der Waals surface area contributed by atoms with E-state index in [-0.39, 0.29) is 25.1 Å². The third kappa shape index (κ3) is 5.43. The van der Waals surface area contributed by atoms with E-state index in [1.54, 1.807) is 42.1 Å². The van der Waals surface area contributed by atoms with E-state index in [0.717, 1.165) is 13.1 Å².